The molecule has 0 saturated heterocycles. The standard InChI is InChI=1S/C9H14BrN3O/c1-3-6(4-11)9(14)8-7(10)5-12-13(8)2/h5-6H,3-4,11H2,1-2H3. The summed E-state index contributed by atoms with van der Waals surface area (Å²) in [5.41, 5.74) is 6.12. The van der Waals surface area contributed by atoms with E-state index in [1.54, 1.807) is 17.9 Å². The van der Waals surface area contributed by atoms with Crippen LogP contribution >= 0.6 is 15.9 Å². The second kappa shape index (κ2) is 4.70. The molecule has 2 N–H and O–H groups in total. The Morgan fingerprint density at radius 2 is 2.43 bits per heavy atom. The Morgan fingerprint density at radius 3 is 2.79 bits per heavy atom. The smallest absolute Gasteiger partial charge is 0.186 e. The lowest BCUT2D eigenvalue weighted by atomic mass is 9.99. The molecule has 0 radical (unpaired) electrons. The Balaban J connectivity index is 2.99. The first-order valence-corrected chi connectivity index (χ1v) is 5.32. The fourth-order valence-electron chi connectivity index (χ4n) is 1.34. The summed E-state index contributed by atoms with van der Waals surface area (Å²) in [6, 6.07) is 0. The fraction of sp³-hybridized carbons (Fsp3) is 0.556. The highest BCUT2D eigenvalue weighted by molar-refractivity contribution is 9.10. The second-order valence-electron chi connectivity index (χ2n) is 3.17. The first-order valence-electron chi connectivity index (χ1n) is 4.53. The summed E-state index contributed by atoms with van der Waals surface area (Å²) in [4.78, 5) is 11.9. The van der Waals surface area contributed by atoms with Crippen molar-refractivity contribution in [3.63, 3.8) is 0 Å². The lowest BCUT2D eigenvalue weighted by Crippen LogP contribution is -2.25. The number of nitrogens with two attached hydrogens (primary N) is 1. The van der Waals surface area contributed by atoms with Gasteiger partial charge < -0.3 is 5.73 Å². The van der Waals surface area contributed by atoms with Gasteiger partial charge in [0.2, 0.25) is 0 Å². The van der Waals surface area contributed by atoms with Crippen LogP contribution in [-0.4, -0.2) is 22.1 Å². The van der Waals surface area contributed by atoms with E-state index in [4.69, 9.17) is 5.73 Å². The van der Waals surface area contributed by atoms with Crippen molar-refractivity contribution in [2.75, 3.05) is 6.54 Å². The molecule has 78 valence electrons. The summed E-state index contributed by atoms with van der Waals surface area (Å²) >= 11 is 3.30. The van der Waals surface area contributed by atoms with E-state index >= 15 is 0 Å². The van der Waals surface area contributed by atoms with E-state index in [2.05, 4.69) is 21.0 Å². The van der Waals surface area contributed by atoms with Crippen LogP contribution in [0.3, 0.4) is 0 Å². The average molecular weight is 260 g/mol. The quantitative estimate of drug-likeness (QED) is 0.831. The lowest BCUT2D eigenvalue weighted by molar-refractivity contribution is 0.0911. The number of hydrogen-bond donors (Lipinski definition) is 1. The number of halogens is 1. The number of rotatable bonds is 4. The van der Waals surface area contributed by atoms with Gasteiger partial charge in [-0.15, -0.1) is 0 Å². The van der Waals surface area contributed by atoms with Crippen LogP contribution in [0.25, 0.3) is 0 Å². The van der Waals surface area contributed by atoms with Gasteiger partial charge in [0.15, 0.2) is 5.78 Å². The van der Waals surface area contributed by atoms with Crippen molar-refractivity contribution in [3.05, 3.63) is 16.4 Å². The maximum atomic E-state index is 11.9. The van der Waals surface area contributed by atoms with Gasteiger partial charge in [0.1, 0.15) is 5.69 Å². The predicted molar refractivity (Wildman–Crippen MR) is 58.1 cm³/mol. The Kier molecular flexibility index (Phi) is 3.83. The normalized spacial score (nSPS) is 12.9. The van der Waals surface area contributed by atoms with Crippen molar-refractivity contribution in [1.82, 2.24) is 9.78 Å². The highest BCUT2D eigenvalue weighted by Crippen LogP contribution is 2.19. The highest BCUT2D eigenvalue weighted by Gasteiger charge is 2.22. The fourth-order valence-corrected chi connectivity index (χ4v) is 1.88. The van der Waals surface area contributed by atoms with E-state index in [9.17, 15) is 4.79 Å². The molecule has 4 nitrogen and oxygen atoms in total. The molecule has 0 aromatic carbocycles. The molecule has 1 aromatic rings. The third-order valence-electron chi connectivity index (χ3n) is 2.28. The van der Waals surface area contributed by atoms with Gasteiger partial charge in [0.05, 0.1) is 10.7 Å². The minimum atomic E-state index is -0.110. The zero-order chi connectivity index (χ0) is 10.7. The minimum Gasteiger partial charge on any atom is -0.330 e. The van der Waals surface area contributed by atoms with Crippen LogP contribution in [0.2, 0.25) is 0 Å². The van der Waals surface area contributed by atoms with Gasteiger partial charge in [0.25, 0.3) is 0 Å². The molecule has 5 heteroatoms. The van der Waals surface area contributed by atoms with E-state index in [-0.39, 0.29) is 11.7 Å². The molecular weight excluding hydrogens is 246 g/mol. The summed E-state index contributed by atoms with van der Waals surface area (Å²) < 4.78 is 2.31. The summed E-state index contributed by atoms with van der Waals surface area (Å²) in [7, 11) is 1.75. The number of aryl methyl sites for hydroxylation is 1. The van der Waals surface area contributed by atoms with Gasteiger partial charge in [-0.05, 0) is 22.4 Å². The van der Waals surface area contributed by atoms with Gasteiger partial charge in [-0.3, -0.25) is 9.48 Å². The molecule has 0 aliphatic carbocycles. The van der Waals surface area contributed by atoms with Crippen molar-refractivity contribution >= 4 is 21.7 Å². The zero-order valence-electron chi connectivity index (χ0n) is 8.33. The molecule has 0 aliphatic heterocycles. The number of hydrogen-bond acceptors (Lipinski definition) is 3. The van der Waals surface area contributed by atoms with E-state index < -0.39 is 0 Å². The Morgan fingerprint density at radius 1 is 1.79 bits per heavy atom. The molecule has 14 heavy (non-hydrogen) atoms. The maximum absolute atomic E-state index is 11.9. The summed E-state index contributed by atoms with van der Waals surface area (Å²) in [6.45, 7) is 2.34. The molecular formula is C9H14BrN3O. The summed E-state index contributed by atoms with van der Waals surface area (Å²) in [5.74, 6) is -0.0522. The van der Waals surface area contributed by atoms with E-state index in [1.807, 2.05) is 6.92 Å². The Hall–Kier alpha value is -0.680. The van der Waals surface area contributed by atoms with Gasteiger partial charge in [-0.25, -0.2) is 0 Å². The van der Waals surface area contributed by atoms with Gasteiger partial charge >= 0.3 is 0 Å². The number of ketones is 1. The average Bonchev–Trinajstić information content (AvgIpc) is 2.48. The molecule has 0 bridgehead atoms. The number of nitrogens with zero attached hydrogens (tertiary/aromatic N) is 2. The van der Waals surface area contributed by atoms with Crippen molar-refractivity contribution in [1.29, 1.82) is 0 Å². The first kappa shape index (κ1) is 11.4. The molecule has 1 rings (SSSR count). The molecule has 0 fully saturated rings. The highest BCUT2D eigenvalue weighted by atomic mass is 79.9. The molecule has 1 atom stereocenters. The minimum absolute atomic E-state index is 0.0573. The zero-order valence-corrected chi connectivity index (χ0v) is 9.91. The molecule has 0 aliphatic rings. The molecule has 1 heterocycles. The van der Waals surface area contributed by atoms with Crippen molar-refractivity contribution in [2.45, 2.75) is 13.3 Å². The van der Waals surface area contributed by atoms with Crippen LogP contribution in [0.5, 0.6) is 0 Å². The van der Waals surface area contributed by atoms with Crippen LogP contribution in [0.15, 0.2) is 10.7 Å². The molecule has 0 spiro atoms. The SMILES string of the molecule is CCC(CN)C(=O)c1c(Br)cnn1C. The molecule has 0 amide bonds. The van der Waals surface area contributed by atoms with Gasteiger partial charge in [-0.1, -0.05) is 6.92 Å². The number of Topliss-reactive ketones (excluding diaryl/α,β-unsaturated/α-hetero) is 1. The van der Waals surface area contributed by atoms with Crippen LogP contribution in [0, 0.1) is 5.92 Å². The van der Waals surface area contributed by atoms with Crippen LogP contribution < -0.4 is 5.73 Å². The third-order valence-corrected chi connectivity index (χ3v) is 2.86. The van der Waals surface area contributed by atoms with Gasteiger partial charge in [0, 0.05) is 19.5 Å². The van der Waals surface area contributed by atoms with Crippen LogP contribution in [0.1, 0.15) is 23.8 Å². The molecule has 1 unspecified atom stereocenters. The van der Waals surface area contributed by atoms with Gasteiger partial charge in [-0.2, -0.15) is 5.10 Å². The van der Waals surface area contributed by atoms with E-state index in [1.165, 1.54) is 0 Å². The number of carbonyl (C=O) groups is 1. The van der Waals surface area contributed by atoms with Crippen LogP contribution in [-0.2, 0) is 7.05 Å². The molecule has 1 aromatic heterocycles. The van der Waals surface area contributed by atoms with E-state index in [0.29, 0.717) is 12.2 Å². The number of carbonyl (C=O) groups excluding carboxylic acids is 1. The Bertz CT molecular complexity index is 311. The van der Waals surface area contributed by atoms with Crippen molar-refractivity contribution in [3.8, 4) is 0 Å². The largest absolute Gasteiger partial charge is 0.330 e. The topological polar surface area (TPSA) is 60.9 Å². The van der Waals surface area contributed by atoms with Crippen LogP contribution in [0.4, 0.5) is 0 Å². The first-order chi connectivity index (χ1) is 6.61. The summed E-state index contributed by atoms with van der Waals surface area (Å²) in [5, 5.41) is 4.00. The third kappa shape index (κ3) is 2.04. The second-order valence-corrected chi connectivity index (χ2v) is 4.02. The summed E-state index contributed by atoms with van der Waals surface area (Å²) in [6.07, 6.45) is 2.38. The van der Waals surface area contributed by atoms with Crippen molar-refractivity contribution in [2.24, 2.45) is 18.7 Å². The molecule has 0 saturated carbocycles. The van der Waals surface area contributed by atoms with Crippen molar-refractivity contribution < 1.29 is 4.79 Å². The predicted octanol–water partition coefficient (Wildman–Crippen LogP) is 1.35. The van der Waals surface area contributed by atoms with E-state index in [0.717, 1.165) is 10.9 Å². The monoisotopic (exact) mass is 259 g/mol. The maximum Gasteiger partial charge on any atom is 0.186 e. The Labute approximate surface area is 91.6 Å². The number of aromatic nitrogens is 2. The lowest BCUT2D eigenvalue weighted by Gasteiger charge is -2.11.